The van der Waals surface area contributed by atoms with Crippen molar-refractivity contribution in [2.45, 2.75) is 135 Å². The minimum atomic E-state index is -1.84. The molecule has 4 aromatic carbocycles. The van der Waals surface area contributed by atoms with Gasteiger partial charge in [-0.2, -0.15) is 0 Å². The van der Waals surface area contributed by atoms with Gasteiger partial charge in [0, 0.05) is 83.7 Å². The molecule has 0 saturated carbocycles. The molecule has 4 aliphatic rings. The van der Waals surface area contributed by atoms with Crippen molar-refractivity contribution in [1.82, 2.24) is 46.8 Å². The van der Waals surface area contributed by atoms with Gasteiger partial charge in [-0.25, -0.2) is 19.0 Å². The van der Waals surface area contributed by atoms with Gasteiger partial charge in [0.25, 0.3) is 5.56 Å². The van der Waals surface area contributed by atoms with Crippen LogP contribution in [0.15, 0.2) is 89.7 Å². The molecule has 0 spiro atoms. The number of aryl methyl sites for hydroxylation is 1. The molecule has 4 heterocycles. The van der Waals surface area contributed by atoms with Crippen LogP contribution in [0.2, 0.25) is 0 Å². The summed E-state index contributed by atoms with van der Waals surface area (Å²) >= 11 is 0. The number of urea groups is 1. The first-order valence-corrected chi connectivity index (χ1v) is 36.8. The molecule has 2 aromatic heterocycles. The second kappa shape index (κ2) is 38.9. The molecular formula is C79H93FN12O18. The summed E-state index contributed by atoms with van der Waals surface area (Å²) in [4.78, 5) is 150. The van der Waals surface area contributed by atoms with Gasteiger partial charge in [-0.15, -0.1) is 0 Å². The van der Waals surface area contributed by atoms with E-state index in [4.69, 9.17) is 39.1 Å². The Labute approximate surface area is 634 Å². The summed E-state index contributed by atoms with van der Waals surface area (Å²) in [6.07, 6.45) is 0.421. The number of ketones is 1. The predicted molar refractivity (Wildman–Crippen MR) is 400 cm³/mol. The fraction of sp³-hybridized carbons (Fsp3) is 0.443. The number of nitrogens with zero attached hydrogens (tertiary/aromatic N) is 3. The van der Waals surface area contributed by atoms with Gasteiger partial charge in [0.15, 0.2) is 5.78 Å². The van der Waals surface area contributed by atoms with Gasteiger partial charge in [0.1, 0.15) is 50.0 Å². The molecule has 0 bridgehead atoms. The highest BCUT2D eigenvalue weighted by atomic mass is 19.1. The molecule has 110 heavy (non-hydrogen) atoms. The zero-order chi connectivity index (χ0) is 78.4. The summed E-state index contributed by atoms with van der Waals surface area (Å²) in [5.41, 5.74) is 11.3. The summed E-state index contributed by atoms with van der Waals surface area (Å²) in [5, 5.41) is 33.5. The summed E-state index contributed by atoms with van der Waals surface area (Å²) in [6, 6.07) is 20.8. The molecule has 6 aromatic rings. The summed E-state index contributed by atoms with van der Waals surface area (Å²) in [6.45, 7) is 7.89. The van der Waals surface area contributed by atoms with Crippen LogP contribution in [0.1, 0.15) is 134 Å². The quantitative estimate of drug-likeness (QED) is 0.0145. The fourth-order valence-electron chi connectivity index (χ4n) is 13.6. The van der Waals surface area contributed by atoms with E-state index in [-0.39, 0.29) is 146 Å². The van der Waals surface area contributed by atoms with Crippen LogP contribution in [0.5, 0.6) is 0 Å². The zero-order valence-electron chi connectivity index (χ0n) is 62.0. The third-order valence-corrected chi connectivity index (χ3v) is 19.4. The second-order valence-electron chi connectivity index (χ2n) is 27.3. The molecule has 0 radical (unpaired) electrons. The van der Waals surface area contributed by atoms with E-state index in [0.717, 1.165) is 22.3 Å². The maximum absolute atomic E-state index is 15.4. The lowest BCUT2D eigenvalue weighted by Gasteiger charge is -2.32. The van der Waals surface area contributed by atoms with E-state index in [9.17, 15) is 57.8 Å². The molecule has 2 aliphatic carbocycles. The number of pyridine rings is 2. The monoisotopic (exact) mass is 1520 g/mol. The average molecular weight is 1520 g/mol. The molecule has 0 unspecified atom stereocenters. The highest BCUT2D eigenvalue weighted by Crippen LogP contribution is 2.46. The largest absolute Gasteiger partial charge is 0.445 e. The van der Waals surface area contributed by atoms with Gasteiger partial charge >= 0.3 is 12.1 Å². The van der Waals surface area contributed by atoms with Crippen molar-refractivity contribution < 1.29 is 85.9 Å². The van der Waals surface area contributed by atoms with Crippen molar-refractivity contribution in [3.63, 3.8) is 0 Å². The van der Waals surface area contributed by atoms with Gasteiger partial charge in [-0.05, 0) is 116 Å². The van der Waals surface area contributed by atoms with Crippen molar-refractivity contribution in [1.29, 1.82) is 0 Å². The average Bonchev–Trinajstić information content (AvgIpc) is 1.49. The lowest BCUT2D eigenvalue weighted by atomic mass is 9.77. The van der Waals surface area contributed by atoms with Crippen molar-refractivity contribution in [2.24, 2.45) is 11.7 Å². The standard InChI is InChI=1S/C79H93FN12O18/c1-5-79(104)57-39-63-73-56(43-92(63)76(101)55(57)23-25-64(79)93)71-59(24-22-54-48(4)58(80)40-61(88-73)70(54)71)87-68(97)45-109-46-85-67(96)41-84-78(103)110-44-49-16-20-53(21-17-49)86-74(99)60(14-10-29-83-77(81)102)89-75(100)72(47(2)3)90-66(95)28-31-105-33-35-107-37-38-108-36-34-106-32-30-82-65(94)26-27-69(98)91-42-52-13-7-6-11-50(52)18-19-51-12-8-9-15-62(51)91/h6-9,11-13,15-17,20-21,39-40,47,59-60,72,104H,5,10,14,22-38,41-46H2,1-4H3,(H,82,94)(H,84,103)(H,85,96)(H,86,99)(H,87,97)(H,89,100)(H,90,95)(H3,81,83,102)/t59-,60-,72-,79-/m0/s1. The number of para-hydroxylation sites is 1. The third kappa shape index (κ3) is 21.1. The topological polar surface area (TPSA) is 407 Å². The number of alkyl carbamates (subject to hydrolysis) is 1. The minimum absolute atomic E-state index is 0.0214. The molecule has 10 amide bonds. The van der Waals surface area contributed by atoms with Crippen LogP contribution in [0, 0.1) is 30.5 Å². The van der Waals surface area contributed by atoms with E-state index in [0.29, 0.717) is 94.1 Å². The first kappa shape index (κ1) is 81.5. The first-order chi connectivity index (χ1) is 53.0. The Bertz CT molecular complexity index is 4560. The SMILES string of the molecule is CC[C@@]1(O)C(=O)CCc2c1cc1n(c2=O)Cc2c-1nc1cc(F)c(C)c3c1c2[C@@H](NC(=O)COCNC(=O)CNC(=O)OCc1ccc(NC(=O)[C@H](CCCNC(N)=O)NC(=O)[C@@H](NC(=O)CCOCCOCCOCCOCCNC(=O)CCC(=O)N2Cc4ccccc4C#Cc4ccccc42)C(C)C)cc1)CC3. The van der Waals surface area contributed by atoms with Crippen molar-refractivity contribution in [3.8, 4) is 23.2 Å². The first-order valence-electron chi connectivity index (χ1n) is 36.8. The van der Waals surface area contributed by atoms with Crippen LogP contribution in [0.4, 0.5) is 25.4 Å². The number of rotatable bonds is 38. The van der Waals surface area contributed by atoms with Crippen molar-refractivity contribution in [2.75, 3.05) is 96.0 Å². The molecule has 31 heteroatoms. The van der Waals surface area contributed by atoms with Gasteiger partial charge in [0.2, 0.25) is 41.4 Å². The summed E-state index contributed by atoms with van der Waals surface area (Å²) in [5.74, 6) is 1.81. The van der Waals surface area contributed by atoms with E-state index < -0.39 is 97.0 Å². The molecule has 0 fully saturated rings. The molecule has 0 saturated heterocycles. The number of amides is 10. The number of carbonyl (C=O) groups excluding carboxylic acids is 10. The van der Waals surface area contributed by atoms with Crippen LogP contribution >= 0.6 is 0 Å². The predicted octanol–water partition coefficient (Wildman–Crippen LogP) is 4.42. The number of nitrogens with two attached hydrogens (primary N) is 1. The molecule has 2 aliphatic heterocycles. The Morgan fingerprint density at radius 3 is 2.14 bits per heavy atom. The highest BCUT2D eigenvalue weighted by molar-refractivity contribution is 6.00. The minimum Gasteiger partial charge on any atom is -0.445 e. The van der Waals surface area contributed by atoms with E-state index in [2.05, 4.69) is 54.4 Å². The van der Waals surface area contributed by atoms with Crippen LogP contribution in [0.25, 0.3) is 22.3 Å². The summed E-state index contributed by atoms with van der Waals surface area (Å²) < 4.78 is 50.0. The Balaban J connectivity index is 0.573. The van der Waals surface area contributed by atoms with Crippen molar-refractivity contribution >= 4 is 81.5 Å². The lowest BCUT2D eigenvalue weighted by molar-refractivity contribution is -0.140. The van der Waals surface area contributed by atoms with Gasteiger partial charge in [-0.1, -0.05) is 75.1 Å². The zero-order valence-corrected chi connectivity index (χ0v) is 62.0. The lowest BCUT2D eigenvalue weighted by Crippen LogP contribution is -2.54. The number of Topliss-reactive ketones (excluding diaryl/α,β-unsaturated/α-hetero) is 1. The second-order valence-corrected chi connectivity index (χ2v) is 27.3. The normalized spacial score (nSPS) is 15.5. The smallest absolute Gasteiger partial charge is 0.407 e. The van der Waals surface area contributed by atoms with Crippen LogP contribution in [-0.2, 0) is 105 Å². The number of carbonyl (C=O) groups is 10. The number of aliphatic hydroxyl groups is 1. The number of anilines is 2. The molecule has 4 atom stereocenters. The Hall–Kier alpha value is -11.0. The van der Waals surface area contributed by atoms with Crippen LogP contribution in [0.3, 0.4) is 0 Å². The maximum Gasteiger partial charge on any atom is 0.407 e. The molecule has 11 N–H and O–H groups in total. The van der Waals surface area contributed by atoms with E-state index in [1.165, 1.54) is 6.07 Å². The number of fused-ring (bicyclic) bond motifs is 7. The molecule has 30 nitrogen and oxygen atoms in total. The fourth-order valence-corrected chi connectivity index (χ4v) is 13.6. The van der Waals surface area contributed by atoms with E-state index in [1.54, 1.807) is 67.5 Å². The Morgan fingerprint density at radius 1 is 0.709 bits per heavy atom. The number of ether oxygens (including phenoxy) is 6. The number of primary amides is 1. The van der Waals surface area contributed by atoms with Crippen molar-refractivity contribution in [3.05, 3.63) is 157 Å². The number of hydrogen-bond donors (Lipinski definition) is 10. The number of aromatic nitrogens is 2. The molecular weight excluding hydrogens is 1420 g/mol. The van der Waals surface area contributed by atoms with Crippen LogP contribution < -0.4 is 58.7 Å². The Kier molecular flexibility index (Phi) is 28.8. The van der Waals surface area contributed by atoms with E-state index in [1.807, 2.05) is 48.5 Å². The van der Waals surface area contributed by atoms with Gasteiger partial charge in [0.05, 0.1) is 94.6 Å². The van der Waals surface area contributed by atoms with Crippen LogP contribution in [-0.4, -0.2) is 172 Å². The number of halogens is 1. The molecule has 10 rings (SSSR count). The highest BCUT2D eigenvalue weighted by Gasteiger charge is 2.44. The molecule has 584 valence electrons. The van der Waals surface area contributed by atoms with Gasteiger partial charge in [-0.3, -0.25) is 43.2 Å². The maximum atomic E-state index is 15.4. The van der Waals surface area contributed by atoms with Gasteiger partial charge < -0.3 is 91.3 Å². The number of nitrogens with one attached hydrogen (secondary N) is 8. The number of benzene rings is 4. The number of hydrogen-bond acceptors (Lipinski definition) is 19. The summed E-state index contributed by atoms with van der Waals surface area (Å²) in [7, 11) is 0. The third-order valence-electron chi connectivity index (χ3n) is 19.4. The Morgan fingerprint density at radius 2 is 1.41 bits per heavy atom. The van der Waals surface area contributed by atoms with E-state index >= 15 is 4.39 Å².